The molecule has 0 amide bonds. The van der Waals surface area contributed by atoms with Crippen LogP contribution in [0.5, 0.6) is 5.75 Å². The topological polar surface area (TPSA) is 46.6 Å². The Balaban J connectivity index is 2.35. The molecule has 0 spiro atoms. The molecule has 2 rings (SSSR count). The van der Waals surface area contributed by atoms with Crippen molar-refractivity contribution in [2.45, 2.75) is 4.90 Å². The highest BCUT2D eigenvalue weighted by Gasteiger charge is 2.21. The third-order valence-electron chi connectivity index (χ3n) is 2.91. The molecule has 0 aliphatic rings. The second-order valence-electron chi connectivity index (χ2n) is 4.12. The van der Waals surface area contributed by atoms with Gasteiger partial charge in [0.25, 0.3) is 10.0 Å². The summed E-state index contributed by atoms with van der Waals surface area (Å²) >= 11 is 2.18. The van der Waals surface area contributed by atoms with Crippen molar-refractivity contribution in [1.29, 1.82) is 0 Å². The summed E-state index contributed by atoms with van der Waals surface area (Å²) < 4.78 is 32.4. The van der Waals surface area contributed by atoms with Crippen molar-refractivity contribution < 1.29 is 13.2 Å². The Labute approximate surface area is 132 Å². The van der Waals surface area contributed by atoms with Crippen molar-refractivity contribution in [1.82, 2.24) is 0 Å². The smallest absolute Gasteiger partial charge is 0.264 e. The summed E-state index contributed by atoms with van der Waals surface area (Å²) in [7, 11) is -0.468. The molecule has 20 heavy (non-hydrogen) atoms. The first-order valence-corrected chi connectivity index (χ1v) is 8.35. The van der Waals surface area contributed by atoms with Gasteiger partial charge in [-0.25, -0.2) is 8.42 Å². The number of rotatable bonds is 4. The van der Waals surface area contributed by atoms with Crippen LogP contribution in [0.15, 0.2) is 53.4 Å². The van der Waals surface area contributed by atoms with Gasteiger partial charge in [0.1, 0.15) is 5.75 Å². The lowest BCUT2D eigenvalue weighted by Crippen LogP contribution is -2.26. The van der Waals surface area contributed by atoms with Gasteiger partial charge < -0.3 is 4.74 Å². The summed E-state index contributed by atoms with van der Waals surface area (Å²) in [6.07, 6.45) is 0. The molecule has 0 saturated carbocycles. The quantitative estimate of drug-likeness (QED) is 0.738. The van der Waals surface area contributed by atoms with E-state index in [0.29, 0.717) is 11.4 Å². The van der Waals surface area contributed by atoms with Crippen LogP contribution in [0.3, 0.4) is 0 Å². The maximum atomic E-state index is 12.5. The summed E-state index contributed by atoms with van der Waals surface area (Å²) in [6.45, 7) is 0. The zero-order chi connectivity index (χ0) is 14.8. The van der Waals surface area contributed by atoms with E-state index in [1.54, 1.807) is 38.4 Å². The van der Waals surface area contributed by atoms with Crippen LogP contribution in [0.2, 0.25) is 0 Å². The maximum Gasteiger partial charge on any atom is 0.264 e. The Bertz CT molecular complexity index is 681. The van der Waals surface area contributed by atoms with E-state index in [1.165, 1.54) is 16.4 Å². The van der Waals surface area contributed by atoms with Crippen molar-refractivity contribution in [3.05, 3.63) is 52.1 Å². The van der Waals surface area contributed by atoms with Crippen LogP contribution in [-0.2, 0) is 10.0 Å². The highest BCUT2D eigenvalue weighted by atomic mass is 127. The number of benzene rings is 2. The van der Waals surface area contributed by atoms with Crippen LogP contribution in [0.25, 0.3) is 0 Å². The van der Waals surface area contributed by atoms with Crippen molar-refractivity contribution >= 4 is 38.3 Å². The van der Waals surface area contributed by atoms with Gasteiger partial charge in [-0.05, 0) is 71.1 Å². The van der Waals surface area contributed by atoms with Crippen LogP contribution in [0.4, 0.5) is 5.69 Å². The van der Waals surface area contributed by atoms with E-state index < -0.39 is 10.0 Å². The second kappa shape index (κ2) is 6.01. The summed E-state index contributed by atoms with van der Waals surface area (Å²) in [6, 6.07) is 13.6. The molecule has 0 heterocycles. The van der Waals surface area contributed by atoms with E-state index in [0.717, 1.165) is 3.57 Å². The minimum atomic E-state index is -3.55. The molecule has 0 N–H and O–H groups in total. The van der Waals surface area contributed by atoms with Crippen molar-refractivity contribution in [3.8, 4) is 5.75 Å². The van der Waals surface area contributed by atoms with Crippen LogP contribution in [0.1, 0.15) is 0 Å². The minimum absolute atomic E-state index is 0.236. The Morgan fingerprint density at radius 2 is 1.55 bits per heavy atom. The number of methoxy groups -OCH3 is 1. The first kappa shape index (κ1) is 15.1. The molecular weight excluding hydrogens is 389 g/mol. The Morgan fingerprint density at radius 3 is 2.05 bits per heavy atom. The zero-order valence-corrected chi connectivity index (χ0v) is 14.1. The standard InChI is InChI=1S/C14H14INO3S/c1-16(12-5-3-11(15)4-6-12)20(17,18)14-9-7-13(19-2)8-10-14/h3-10H,1-2H3. The van der Waals surface area contributed by atoms with Gasteiger partial charge in [0, 0.05) is 10.6 Å². The number of anilines is 1. The van der Waals surface area contributed by atoms with E-state index in [9.17, 15) is 8.42 Å². The molecule has 0 bridgehead atoms. The van der Waals surface area contributed by atoms with Gasteiger partial charge in [0.2, 0.25) is 0 Å². The number of ether oxygens (including phenoxy) is 1. The number of hydrogen-bond donors (Lipinski definition) is 0. The summed E-state index contributed by atoms with van der Waals surface area (Å²) in [5.74, 6) is 0.626. The first-order valence-electron chi connectivity index (χ1n) is 5.83. The molecular formula is C14H14INO3S. The number of halogens is 1. The van der Waals surface area contributed by atoms with Crippen molar-refractivity contribution in [2.24, 2.45) is 0 Å². The summed E-state index contributed by atoms with van der Waals surface area (Å²) in [5.41, 5.74) is 0.626. The molecule has 6 heteroatoms. The van der Waals surface area contributed by atoms with E-state index in [-0.39, 0.29) is 4.90 Å². The fourth-order valence-electron chi connectivity index (χ4n) is 1.70. The van der Waals surface area contributed by atoms with Crippen molar-refractivity contribution in [2.75, 3.05) is 18.5 Å². The van der Waals surface area contributed by atoms with Crippen LogP contribution in [-0.4, -0.2) is 22.6 Å². The number of nitrogens with zero attached hydrogens (tertiary/aromatic N) is 1. The van der Waals surface area contributed by atoms with Crippen LogP contribution in [0, 0.1) is 3.57 Å². The van der Waals surface area contributed by atoms with Gasteiger partial charge in [-0.1, -0.05) is 0 Å². The average molecular weight is 403 g/mol. The van der Waals surface area contributed by atoms with Crippen LogP contribution < -0.4 is 9.04 Å². The first-order chi connectivity index (χ1) is 9.45. The largest absolute Gasteiger partial charge is 0.497 e. The molecule has 0 aliphatic heterocycles. The van der Waals surface area contributed by atoms with Gasteiger partial charge >= 0.3 is 0 Å². The fraction of sp³-hybridized carbons (Fsp3) is 0.143. The highest BCUT2D eigenvalue weighted by molar-refractivity contribution is 14.1. The van der Waals surface area contributed by atoms with Gasteiger partial charge in [0.15, 0.2) is 0 Å². The highest BCUT2D eigenvalue weighted by Crippen LogP contribution is 2.24. The molecule has 0 aromatic heterocycles. The molecule has 0 aliphatic carbocycles. The molecule has 0 fully saturated rings. The third kappa shape index (κ3) is 3.06. The van der Waals surface area contributed by atoms with E-state index in [4.69, 9.17) is 4.74 Å². The lowest BCUT2D eigenvalue weighted by atomic mass is 10.3. The summed E-state index contributed by atoms with van der Waals surface area (Å²) in [4.78, 5) is 0.236. The van der Waals surface area contributed by atoms with E-state index in [2.05, 4.69) is 22.6 Å². The number of sulfonamides is 1. The van der Waals surface area contributed by atoms with Gasteiger partial charge in [-0.2, -0.15) is 0 Å². The molecule has 0 unspecified atom stereocenters. The lowest BCUT2D eigenvalue weighted by Gasteiger charge is -2.19. The Morgan fingerprint density at radius 1 is 1.00 bits per heavy atom. The SMILES string of the molecule is COc1ccc(S(=O)(=O)N(C)c2ccc(I)cc2)cc1. The third-order valence-corrected chi connectivity index (χ3v) is 5.43. The van der Waals surface area contributed by atoms with Gasteiger partial charge in [-0.15, -0.1) is 0 Å². The average Bonchev–Trinajstić information content (AvgIpc) is 2.47. The Kier molecular flexibility index (Phi) is 4.54. The predicted octanol–water partition coefficient (Wildman–Crippen LogP) is 3.12. The maximum absolute atomic E-state index is 12.5. The Hall–Kier alpha value is -1.28. The van der Waals surface area contributed by atoms with Gasteiger partial charge in [0.05, 0.1) is 17.7 Å². The van der Waals surface area contributed by atoms with E-state index in [1.807, 2.05) is 12.1 Å². The molecule has 4 nitrogen and oxygen atoms in total. The molecule has 0 saturated heterocycles. The second-order valence-corrected chi connectivity index (χ2v) is 7.34. The summed E-state index contributed by atoms with van der Waals surface area (Å²) in [5, 5.41) is 0. The normalized spacial score (nSPS) is 11.2. The number of hydrogen-bond acceptors (Lipinski definition) is 3. The predicted molar refractivity (Wildman–Crippen MR) is 87.7 cm³/mol. The van der Waals surface area contributed by atoms with Gasteiger partial charge in [-0.3, -0.25) is 4.31 Å². The fourth-order valence-corrected chi connectivity index (χ4v) is 3.25. The molecule has 106 valence electrons. The minimum Gasteiger partial charge on any atom is -0.497 e. The molecule has 2 aromatic carbocycles. The van der Waals surface area contributed by atoms with Crippen molar-refractivity contribution in [3.63, 3.8) is 0 Å². The molecule has 0 radical (unpaired) electrons. The van der Waals surface area contributed by atoms with Crippen LogP contribution >= 0.6 is 22.6 Å². The molecule has 2 aromatic rings. The zero-order valence-electron chi connectivity index (χ0n) is 11.1. The monoisotopic (exact) mass is 403 g/mol. The van der Waals surface area contributed by atoms with E-state index >= 15 is 0 Å². The molecule has 0 atom stereocenters. The lowest BCUT2D eigenvalue weighted by molar-refractivity contribution is 0.414.